The molecule has 0 saturated carbocycles. The summed E-state index contributed by atoms with van der Waals surface area (Å²) < 4.78 is 11.3. The maximum Gasteiger partial charge on any atom is 0.191 e. The highest BCUT2D eigenvalue weighted by Gasteiger charge is 2.10. The number of hydrogen-bond donors (Lipinski definition) is 2. The van der Waals surface area contributed by atoms with Crippen LogP contribution in [0.4, 0.5) is 0 Å². The van der Waals surface area contributed by atoms with Crippen molar-refractivity contribution in [2.24, 2.45) is 4.99 Å². The number of benzene rings is 2. The second-order valence-electron chi connectivity index (χ2n) is 7.50. The Labute approximate surface area is 213 Å². The Morgan fingerprint density at radius 1 is 1.12 bits per heavy atom. The van der Waals surface area contributed by atoms with Crippen LogP contribution in [0.15, 0.2) is 64.5 Å². The van der Waals surface area contributed by atoms with E-state index in [2.05, 4.69) is 63.8 Å². The molecule has 8 heteroatoms. The molecule has 176 valence electrons. The smallest absolute Gasteiger partial charge is 0.191 e. The lowest BCUT2D eigenvalue weighted by Gasteiger charge is -2.26. The van der Waals surface area contributed by atoms with Crippen LogP contribution in [0.25, 0.3) is 0 Å². The first-order valence-corrected chi connectivity index (χ1v) is 11.8. The van der Waals surface area contributed by atoms with Crippen molar-refractivity contribution in [3.63, 3.8) is 0 Å². The molecule has 1 fully saturated rings. The second-order valence-corrected chi connectivity index (χ2v) is 9.01. The van der Waals surface area contributed by atoms with Gasteiger partial charge in [-0.3, -0.25) is 9.89 Å². The third kappa shape index (κ3) is 9.97. The summed E-state index contributed by atoms with van der Waals surface area (Å²) in [6, 6.07) is 18.7. The van der Waals surface area contributed by atoms with Gasteiger partial charge >= 0.3 is 0 Å². The lowest BCUT2D eigenvalue weighted by molar-refractivity contribution is 0.0322. The Kier molecular flexibility index (Phi) is 12.8. The van der Waals surface area contributed by atoms with Gasteiger partial charge in [-0.25, -0.2) is 0 Å². The highest BCUT2D eigenvalue weighted by Crippen LogP contribution is 2.21. The maximum atomic E-state index is 5.96. The van der Waals surface area contributed by atoms with Crippen LogP contribution in [-0.2, 0) is 11.3 Å². The largest absolute Gasteiger partial charge is 0.492 e. The molecule has 0 aliphatic carbocycles. The van der Waals surface area contributed by atoms with Gasteiger partial charge in [0.2, 0.25) is 0 Å². The molecule has 1 aliphatic rings. The van der Waals surface area contributed by atoms with Gasteiger partial charge < -0.3 is 20.1 Å². The van der Waals surface area contributed by atoms with Crippen molar-refractivity contribution < 1.29 is 9.47 Å². The molecule has 0 spiro atoms. The Morgan fingerprint density at radius 2 is 1.91 bits per heavy atom. The zero-order chi connectivity index (χ0) is 21.7. The summed E-state index contributed by atoms with van der Waals surface area (Å²) in [5, 5.41) is 7.24. The molecule has 0 aromatic heterocycles. The van der Waals surface area contributed by atoms with Crippen LogP contribution in [-0.4, -0.2) is 69.2 Å². The molecule has 2 N–H and O–H groups in total. The van der Waals surface area contributed by atoms with Crippen molar-refractivity contribution in [1.82, 2.24) is 15.5 Å². The van der Waals surface area contributed by atoms with Gasteiger partial charge in [0.1, 0.15) is 12.4 Å². The number of nitrogens with zero attached hydrogens (tertiary/aromatic N) is 2. The van der Waals surface area contributed by atoms with E-state index < -0.39 is 0 Å². The number of hydrogen-bond acceptors (Lipinski definition) is 5. The summed E-state index contributed by atoms with van der Waals surface area (Å²) in [5.74, 6) is 1.71. The molecule has 0 bridgehead atoms. The quantitative estimate of drug-likeness (QED) is 0.196. The van der Waals surface area contributed by atoms with E-state index in [4.69, 9.17) is 9.47 Å². The van der Waals surface area contributed by atoms with Gasteiger partial charge in [0.15, 0.2) is 5.96 Å². The van der Waals surface area contributed by atoms with Crippen molar-refractivity contribution in [2.45, 2.75) is 23.6 Å². The summed E-state index contributed by atoms with van der Waals surface area (Å²) >= 11 is 1.86. The van der Waals surface area contributed by atoms with E-state index in [-0.39, 0.29) is 24.0 Å². The molecule has 6 nitrogen and oxygen atoms in total. The fourth-order valence-corrected chi connectivity index (χ4v) is 4.23. The van der Waals surface area contributed by atoms with Gasteiger partial charge in [-0.2, -0.15) is 0 Å². The van der Waals surface area contributed by atoms with E-state index in [1.54, 1.807) is 7.05 Å². The van der Waals surface area contributed by atoms with Crippen LogP contribution in [0.2, 0.25) is 0 Å². The minimum atomic E-state index is 0. The topological polar surface area (TPSA) is 58.1 Å². The number of aliphatic imine (C=N–C) groups is 1. The van der Waals surface area contributed by atoms with Crippen LogP contribution in [0.3, 0.4) is 0 Å². The zero-order valence-corrected chi connectivity index (χ0v) is 22.1. The van der Waals surface area contributed by atoms with Crippen molar-refractivity contribution in [3.8, 4) is 5.75 Å². The molecule has 0 amide bonds. The third-order valence-electron chi connectivity index (χ3n) is 5.00. The van der Waals surface area contributed by atoms with Crippen molar-refractivity contribution in [1.29, 1.82) is 0 Å². The van der Waals surface area contributed by atoms with E-state index >= 15 is 0 Å². The number of halogens is 1. The molecule has 32 heavy (non-hydrogen) atoms. The van der Waals surface area contributed by atoms with Gasteiger partial charge in [-0.05, 0) is 29.8 Å². The second kappa shape index (κ2) is 15.4. The predicted octanol–water partition coefficient (Wildman–Crippen LogP) is 3.86. The number of nitrogens with one attached hydrogen (secondary N) is 2. The normalized spacial score (nSPS) is 15.5. The molecular formula is C24H35IN4O2S. The molecule has 1 saturated heterocycles. The maximum absolute atomic E-state index is 5.96. The zero-order valence-electron chi connectivity index (χ0n) is 19.0. The van der Waals surface area contributed by atoms with Gasteiger partial charge in [0.05, 0.1) is 13.2 Å². The minimum Gasteiger partial charge on any atom is -0.492 e. The Morgan fingerprint density at radius 3 is 2.66 bits per heavy atom. The van der Waals surface area contributed by atoms with Gasteiger partial charge in [-0.1, -0.05) is 37.3 Å². The Hall–Kier alpha value is -1.49. The molecule has 0 radical (unpaired) electrons. The van der Waals surface area contributed by atoms with Crippen LogP contribution in [0.1, 0.15) is 12.5 Å². The molecule has 1 atom stereocenters. The number of rotatable bonds is 10. The van der Waals surface area contributed by atoms with Crippen LogP contribution in [0.5, 0.6) is 5.75 Å². The van der Waals surface area contributed by atoms with E-state index in [1.165, 1.54) is 10.5 Å². The average Bonchev–Trinajstić information content (AvgIpc) is 2.81. The van der Waals surface area contributed by atoms with Gasteiger partial charge in [0, 0.05) is 49.9 Å². The summed E-state index contributed by atoms with van der Waals surface area (Å²) in [4.78, 5) is 8.00. The number of ether oxygens (including phenoxy) is 2. The fourth-order valence-electron chi connectivity index (χ4n) is 3.28. The molecule has 2 aromatic carbocycles. The average molecular weight is 571 g/mol. The summed E-state index contributed by atoms with van der Waals surface area (Å²) in [7, 11) is 1.80. The lowest BCUT2D eigenvalue weighted by atomic mass is 10.2. The lowest BCUT2D eigenvalue weighted by Crippen LogP contribution is -2.39. The van der Waals surface area contributed by atoms with Crippen molar-refractivity contribution in [2.75, 3.05) is 53.0 Å². The summed E-state index contributed by atoms with van der Waals surface area (Å²) in [5.41, 5.74) is 1.17. The number of thioether (sulfide) groups is 1. The number of guanidine groups is 1. The summed E-state index contributed by atoms with van der Waals surface area (Å²) in [6.07, 6.45) is 0. The first-order chi connectivity index (χ1) is 15.2. The molecule has 3 rings (SSSR count). The minimum absolute atomic E-state index is 0. The number of morpholine rings is 1. The van der Waals surface area contributed by atoms with Crippen LogP contribution < -0.4 is 15.4 Å². The molecular weight excluding hydrogens is 535 g/mol. The van der Waals surface area contributed by atoms with E-state index in [1.807, 2.05) is 30.0 Å². The Balaban J connectivity index is 0.00000363. The van der Waals surface area contributed by atoms with Crippen LogP contribution in [0, 0.1) is 0 Å². The monoisotopic (exact) mass is 570 g/mol. The predicted molar refractivity (Wildman–Crippen MR) is 145 cm³/mol. The van der Waals surface area contributed by atoms with Gasteiger partial charge in [-0.15, -0.1) is 35.7 Å². The first-order valence-electron chi connectivity index (χ1n) is 10.9. The SMILES string of the molecule is CN=C(NCc1cccc(OCCN2CCOCC2)c1)NCC(C)Sc1ccccc1.I. The van der Waals surface area contributed by atoms with E-state index in [0.717, 1.165) is 51.1 Å². The van der Waals surface area contributed by atoms with E-state index in [0.29, 0.717) is 18.4 Å². The van der Waals surface area contributed by atoms with Crippen molar-refractivity contribution >= 4 is 41.7 Å². The van der Waals surface area contributed by atoms with E-state index in [9.17, 15) is 0 Å². The van der Waals surface area contributed by atoms with Crippen LogP contribution >= 0.6 is 35.7 Å². The standard InChI is InChI=1S/C24H34N4O2S.HI/c1-20(31-23-9-4-3-5-10-23)18-26-24(25-2)27-19-21-7-6-8-22(17-21)30-16-13-28-11-14-29-15-12-28;/h3-10,17,20H,11-16,18-19H2,1-2H3,(H2,25,26,27);1H. The molecule has 1 unspecified atom stereocenters. The molecule has 1 aliphatic heterocycles. The highest BCUT2D eigenvalue weighted by atomic mass is 127. The first kappa shape index (κ1) is 26.8. The Bertz CT molecular complexity index is 804. The fraction of sp³-hybridized carbons (Fsp3) is 0.458. The molecule has 2 aromatic rings. The van der Waals surface area contributed by atoms with Gasteiger partial charge in [0.25, 0.3) is 0 Å². The van der Waals surface area contributed by atoms with Crippen molar-refractivity contribution in [3.05, 3.63) is 60.2 Å². The molecule has 1 heterocycles. The third-order valence-corrected chi connectivity index (χ3v) is 6.11. The highest BCUT2D eigenvalue weighted by molar-refractivity contribution is 14.0. The summed E-state index contributed by atoms with van der Waals surface area (Å²) in [6.45, 7) is 8.99.